The number of nitrogens with zero attached hydrogens (tertiary/aromatic N) is 3. The normalized spacial score (nSPS) is 17.9. The molecule has 23 heavy (non-hydrogen) atoms. The fourth-order valence-electron chi connectivity index (χ4n) is 2.99. The van der Waals surface area contributed by atoms with Crippen molar-refractivity contribution in [3.05, 3.63) is 47.1 Å². The molecule has 1 aliphatic rings. The molecule has 1 atom stereocenters. The Morgan fingerprint density at radius 1 is 1.39 bits per heavy atom. The SMILES string of the molecule is CCCCc1noc(CN2Cc3ccccc3C[C@H]2C(N)=O)n1. The average Bonchev–Trinajstić information content (AvgIpc) is 2.99. The van der Waals surface area contributed by atoms with Gasteiger partial charge in [0.2, 0.25) is 11.8 Å². The zero-order chi connectivity index (χ0) is 16.2. The predicted octanol–water partition coefficient (Wildman–Crippen LogP) is 1.82. The van der Waals surface area contributed by atoms with E-state index in [1.165, 1.54) is 11.1 Å². The van der Waals surface area contributed by atoms with Gasteiger partial charge in [0, 0.05) is 13.0 Å². The van der Waals surface area contributed by atoms with Gasteiger partial charge in [0.1, 0.15) is 0 Å². The molecular weight excluding hydrogens is 292 g/mol. The van der Waals surface area contributed by atoms with Gasteiger partial charge in [0.15, 0.2) is 5.82 Å². The van der Waals surface area contributed by atoms with Crippen molar-refractivity contribution in [2.24, 2.45) is 5.73 Å². The van der Waals surface area contributed by atoms with Crippen molar-refractivity contribution in [3.63, 3.8) is 0 Å². The number of carbonyl (C=O) groups is 1. The first-order chi connectivity index (χ1) is 11.2. The first kappa shape index (κ1) is 15.7. The Labute approximate surface area is 135 Å². The summed E-state index contributed by atoms with van der Waals surface area (Å²) in [5.41, 5.74) is 7.99. The lowest BCUT2D eigenvalue weighted by atomic mass is 9.93. The zero-order valence-corrected chi connectivity index (χ0v) is 13.4. The molecule has 6 nitrogen and oxygen atoms in total. The van der Waals surface area contributed by atoms with Crippen molar-refractivity contribution in [1.82, 2.24) is 15.0 Å². The molecule has 2 heterocycles. The van der Waals surface area contributed by atoms with E-state index in [0.717, 1.165) is 25.1 Å². The number of primary amides is 1. The largest absolute Gasteiger partial charge is 0.368 e. The third-order valence-electron chi connectivity index (χ3n) is 4.28. The molecular formula is C17H22N4O2. The van der Waals surface area contributed by atoms with Gasteiger partial charge in [-0.2, -0.15) is 4.98 Å². The predicted molar refractivity (Wildman–Crippen MR) is 85.3 cm³/mol. The third kappa shape index (κ3) is 3.59. The van der Waals surface area contributed by atoms with Crippen LogP contribution in [-0.2, 0) is 30.7 Å². The van der Waals surface area contributed by atoms with Crippen molar-refractivity contribution in [2.45, 2.75) is 51.7 Å². The van der Waals surface area contributed by atoms with E-state index in [-0.39, 0.29) is 11.9 Å². The zero-order valence-electron chi connectivity index (χ0n) is 13.4. The fraction of sp³-hybridized carbons (Fsp3) is 0.471. The lowest BCUT2D eigenvalue weighted by Crippen LogP contribution is -2.48. The number of unbranched alkanes of at least 4 members (excludes halogenated alkanes) is 1. The third-order valence-corrected chi connectivity index (χ3v) is 4.28. The summed E-state index contributed by atoms with van der Waals surface area (Å²) in [7, 11) is 0. The van der Waals surface area contributed by atoms with Crippen LogP contribution >= 0.6 is 0 Å². The summed E-state index contributed by atoms with van der Waals surface area (Å²) in [4.78, 5) is 18.3. The van der Waals surface area contributed by atoms with E-state index in [1.54, 1.807) is 0 Å². The van der Waals surface area contributed by atoms with Crippen LogP contribution < -0.4 is 5.73 Å². The average molecular weight is 314 g/mol. The molecule has 0 unspecified atom stereocenters. The summed E-state index contributed by atoms with van der Waals surface area (Å²) in [6.45, 7) is 3.24. The van der Waals surface area contributed by atoms with Crippen LogP contribution in [0.2, 0.25) is 0 Å². The summed E-state index contributed by atoms with van der Waals surface area (Å²) in [5, 5.41) is 4.00. The molecule has 2 aromatic rings. The van der Waals surface area contributed by atoms with Crippen LogP contribution in [-0.4, -0.2) is 27.0 Å². The number of hydrogen-bond donors (Lipinski definition) is 1. The maximum Gasteiger partial charge on any atom is 0.240 e. The van der Waals surface area contributed by atoms with Crippen LogP contribution in [0.3, 0.4) is 0 Å². The van der Waals surface area contributed by atoms with Gasteiger partial charge in [0.25, 0.3) is 0 Å². The molecule has 1 amide bonds. The molecule has 0 bridgehead atoms. The quantitative estimate of drug-likeness (QED) is 0.879. The molecule has 2 N–H and O–H groups in total. The highest BCUT2D eigenvalue weighted by molar-refractivity contribution is 5.80. The van der Waals surface area contributed by atoms with Gasteiger partial charge in [-0.15, -0.1) is 0 Å². The van der Waals surface area contributed by atoms with Crippen LogP contribution in [0.4, 0.5) is 0 Å². The van der Waals surface area contributed by atoms with Crippen molar-refractivity contribution >= 4 is 5.91 Å². The number of benzene rings is 1. The smallest absolute Gasteiger partial charge is 0.240 e. The van der Waals surface area contributed by atoms with Crippen molar-refractivity contribution in [3.8, 4) is 0 Å². The van der Waals surface area contributed by atoms with Gasteiger partial charge < -0.3 is 10.3 Å². The van der Waals surface area contributed by atoms with E-state index < -0.39 is 0 Å². The molecule has 122 valence electrons. The van der Waals surface area contributed by atoms with Gasteiger partial charge in [-0.1, -0.05) is 42.8 Å². The van der Waals surface area contributed by atoms with Gasteiger partial charge >= 0.3 is 0 Å². The number of amides is 1. The van der Waals surface area contributed by atoms with Crippen LogP contribution in [0, 0.1) is 0 Å². The summed E-state index contributed by atoms with van der Waals surface area (Å²) < 4.78 is 5.33. The lowest BCUT2D eigenvalue weighted by Gasteiger charge is -2.33. The Morgan fingerprint density at radius 2 is 2.17 bits per heavy atom. The summed E-state index contributed by atoms with van der Waals surface area (Å²) in [5.74, 6) is 0.960. The topological polar surface area (TPSA) is 85.3 Å². The molecule has 6 heteroatoms. The van der Waals surface area contributed by atoms with E-state index >= 15 is 0 Å². The number of aryl methyl sites for hydroxylation is 1. The molecule has 3 rings (SSSR count). The minimum atomic E-state index is -0.337. The number of hydrogen-bond acceptors (Lipinski definition) is 5. The number of fused-ring (bicyclic) bond motifs is 1. The molecule has 0 saturated heterocycles. The van der Waals surface area contributed by atoms with Gasteiger partial charge in [-0.05, 0) is 24.0 Å². The highest BCUT2D eigenvalue weighted by Gasteiger charge is 2.31. The van der Waals surface area contributed by atoms with E-state index in [2.05, 4.69) is 29.2 Å². The van der Waals surface area contributed by atoms with E-state index in [9.17, 15) is 4.79 Å². The van der Waals surface area contributed by atoms with Gasteiger partial charge in [-0.3, -0.25) is 9.69 Å². The van der Waals surface area contributed by atoms with E-state index in [4.69, 9.17) is 10.3 Å². The van der Waals surface area contributed by atoms with Crippen molar-refractivity contribution < 1.29 is 9.32 Å². The van der Waals surface area contributed by atoms with Crippen molar-refractivity contribution in [1.29, 1.82) is 0 Å². The van der Waals surface area contributed by atoms with Gasteiger partial charge in [0.05, 0.1) is 12.6 Å². The minimum Gasteiger partial charge on any atom is -0.368 e. The number of nitrogens with two attached hydrogens (primary N) is 1. The van der Waals surface area contributed by atoms with Crippen LogP contribution in [0.1, 0.15) is 42.6 Å². The maximum atomic E-state index is 11.8. The second-order valence-corrected chi connectivity index (χ2v) is 6.00. The minimum absolute atomic E-state index is 0.315. The Kier molecular flexibility index (Phi) is 4.71. The second kappa shape index (κ2) is 6.91. The number of carbonyl (C=O) groups excluding carboxylic acids is 1. The summed E-state index contributed by atoms with van der Waals surface area (Å²) in [6, 6.07) is 7.80. The first-order valence-corrected chi connectivity index (χ1v) is 8.09. The standard InChI is InChI=1S/C17H22N4O2/c1-2-3-8-15-19-16(23-20-15)11-21-10-13-7-5-4-6-12(13)9-14(21)17(18)22/h4-7,14H,2-3,8-11H2,1H3,(H2,18,22)/t14-/m0/s1. The second-order valence-electron chi connectivity index (χ2n) is 6.00. The Bertz CT molecular complexity index is 683. The van der Waals surface area contributed by atoms with Gasteiger partial charge in [-0.25, -0.2) is 0 Å². The molecule has 0 saturated carbocycles. The number of rotatable bonds is 6. The molecule has 0 aliphatic carbocycles. The summed E-state index contributed by atoms with van der Waals surface area (Å²) >= 11 is 0. The lowest BCUT2D eigenvalue weighted by molar-refractivity contribution is -0.124. The fourth-order valence-corrected chi connectivity index (χ4v) is 2.99. The highest BCUT2D eigenvalue weighted by Crippen LogP contribution is 2.24. The first-order valence-electron chi connectivity index (χ1n) is 8.09. The van der Waals surface area contributed by atoms with Crippen molar-refractivity contribution in [2.75, 3.05) is 0 Å². The Morgan fingerprint density at radius 3 is 2.91 bits per heavy atom. The number of aromatic nitrogens is 2. The molecule has 0 radical (unpaired) electrons. The Balaban J connectivity index is 1.75. The van der Waals surface area contributed by atoms with E-state index in [0.29, 0.717) is 25.4 Å². The van der Waals surface area contributed by atoms with E-state index in [1.807, 2.05) is 17.0 Å². The Hall–Kier alpha value is -2.21. The molecule has 1 aliphatic heterocycles. The maximum absolute atomic E-state index is 11.8. The van der Waals surface area contributed by atoms with Crippen LogP contribution in [0.25, 0.3) is 0 Å². The highest BCUT2D eigenvalue weighted by atomic mass is 16.5. The monoisotopic (exact) mass is 314 g/mol. The molecule has 0 fully saturated rings. The molecule has 1 aromatic carbocycles. The summed E-state index contributed by atoms with van der Waals surface area (Å²) in [6.07, 6.45) is 3.58. The molecule has 0 spiro atoms. The van der Waals surface area contributed by atoms with Crippen LogP contribution in [0.5, 0.6) is 0 Å². The molecule has 1 aromatic heterocycles. The van der Waals surface area contributed by atoms with Crippen LogP contribution in [0.15, 0.2) is 28.8 Å².